The molecule has 0 fully saturated rings. The van der Waals surface area contributed by atoms with Crippen LogP contribution >= 0.6 is 6.04 Å². The molecule has 0 radical (unpaired) electrons. The Kier molecular flexibility index (Phi) is 5.08. The van der Waals surface area contributed by atoms with Crippen molar-refractivity contribution in [2.24, 2.45) is 0 Å². The van der Waals surface area contributed by atoms with Crippen molar-refractivity contribution in [2.45, 2.75) is 0 Å². The summed E-state index contributed by atoms with van der Waals surface area (Å²) >= 11 is 7.01. The van der Waals surface area contributed by atoms with Crippen molar-refractivity contribution < 1.29 is 9.47 Å². The third-order valence-electron chi connectivity index (χ3n) is 8.45. The summed E-state index contributed by atoms with van der Waals surface area (Å²) in [5.74, 6) is 3.26. The van der Waals surface area contributed by atoms with E-state index in [0.717, 1.165) is 71.6 Å². The normalized spacial score (nSPS) is 13.9. The summed E-state index contributed by atoms with van der Waals surface area (Å²) in [6.07, 6.45) is 0. The molecule has 0 aliphatic carbocycles. The van der Waals surface area contributed by atoms with E-state index < -0.39 is 6.04 Å². The summed E-state index contributed by atoms with van der Waals surface area (Å²) in [6.45, 7) is 0. The van der Waals surface area contributed by atoms with Crippen LogP contribution in [-0.4, -0.2) is 0 Å². The van der Waals surface area contributed by atoms with Crippen LogP contribution in [0, 0.1) is 0 Å². The minimum absolute atomic E-state index is 0.789. The lowest BCUT2D eigenvalue weighted by Crippen LogP contribution is -2.35. The fourth-order valence-electron chi connectivity index (χ4n) is 6.58. The molecule has 0 bridgehead atoms. The molecule has 7 aromatic carbocycles. The highest BCUT2D eigenvalue weighted by Gasteiger charge is 2.44. The average Bonchev–Trinajstić information content (AvgIpc) is 3.04. The first-order valence-electron chi connectivity index (χ1n) is 14.0. The second-order valence-electron chi connectivity index (χ2n) is 10.8. The van der Waals surface area contributed by atoms with Crippen LogP contribution in [0.3, 0.4) is 0 Å². The lowest BCUT2D eigenvalue weighted by atomic mass is 9.98. The van der Waals surface area contributed by atoms with E-state index in [2.05, 4.69) is 133 Å². The Morgan fingerprint density at radius 2 is 0.881 bits per heavy atom. The van der Waals surface area contributed by atoms with E-state index in [1.807, 2.05) is 6.07 Å². The van der Waals surface area contributed by atoms with E-state index >= 15 is 0 Å². The van der Waals surface area contributed by atoms with Crippen molar-refractivity contribution in [3.05, 3.63) is 140 Å². The van der Waals surface area contributed by atoms with Crippen LogP contribution in [0.25, 0.3) is 43.8 Å². The number of hydrogen-bond donors (Lipinski definition) is 0. The third kappa shape index (κ3) is 3.35. The summed E-state index contributed by atoms with van der Waals surface area (Å²) in [4.78, 5) is 0. The van der Waals surface area contributed by atoms with Crippen LogP contribution in [-0.2, 0) is 11.8 Å². The molecule has 198 valence electrons. The maximum atomic E-state index is 7.01. The van der Waals surface area contributed by atoms with Crippen molar-refractivity contribution in [2.75, 3.05) is 0 Å². The van der Waals surface area contributed by atoms with E-state index in [4.69, 9.17) is 21.3 Å². The first kappa shape index (κ1) is 24.0. The monoisotopic (exact) mass is 574 g/mol. The third-order valence-corrected chi connectivity index (χ3v) is 13.4. The number of ether oxygens (including phenoxy) is 2. The van der Waals surface area contributed by atoms with E-state index in [1.165, 1.54) is 11.1 Å². The Hall–Kier alpha value is -4.69. The quantitative estimate of drug-likeness (QED) is 0.192. The zero-order valence-corrected chi connectivity index (χ0v) is 24.2. The fraction of sp³-hybridized carbons (Fsp3) is 0. The molecule has 0 saturated heterocycles. The summed E-state index contributed by atoms with van der Waals surface area (Å²) in [5, 5.41) is 7.86. The number of hydrogen-bond acceptors (Lipinski definition) is 3. The highest BCUT2D eigenvalue weighted by atomic mass is 32.4. The Morgan fingerprint density at radius 1 is 0.381 bits per heavy atom. The Morgan fingerprint density at radius 3 is 1.48 bits per heavy atom. The van der Waals surface area contributed by atoms with Crippen LogP contribution in [0.15, 0.2) is 140 Å². The molecule has 2 heterocycles. The molecule has 2 aliphatic heterocycles. The van der Waals surface area contributed by atoms with Gasteiger partial charge in [-0.05, 0) is 74.1 Å². The van der Waals surface area contributed by atoms with Crippen molar-refractivity contribution in [1.29, 1.82) is 0 Å². The van der Waals surface area contributed by atoms with Crippen molar-refractivity contribution in [3.63, 3.8) is 0 Å². The summed E-state index contributed by atoms with van der Waals surface area (Å²) in [6, 6.07) is 46.3. The van der Waals surface area contributed by atoms with Crippen LogP contribution in [0.2, 0.25) is 0 Å². The number of rotatable bonds is 2. The van der Waals surface area contributed by atoms with Crippen LogP contribution in [0.5, 0.6) is 23.0 Å². The predicted octanol–water partition coefficient (Wildman–Crippen LogP) is 9.29. The van der Waals surface area contributed by atoms with Gasteiger partial charge in [-0.15, -0.1) is 0 Å². The van der Waals surface area contributed by atoms with Gasteiger partial charge in [-0.25, -0.2) is 0 Å². The van der Waals surface area contributed by atoms with Crippen molar-refractivity contribution >= 4 is 55.3 Å². The zero-order valence-electron chi connectivity index (χ0n) is 22.5. The Bertz CT molecular complexity index is 2180. The van der Waals surface area contributed by atoms with E-state index in [9.17, 15) is 0 Å². The molecule has 7 aromatic rings. The molecule has 0 amide bonds. The van der Waals surface area contributed by atoms with E-state index in [0.29, 0.717) is 0 Å². The maximum absolute atomic E-state index is 7.01. The predicted molar refractivity (Wildman–Crippen MR) is 179 cm³/mol. The summed E-state index contributed by atoms with van der Waals surface area (Å²) < 4.78 is 13.6. The van der Waals surface area contributed by atoms with Crippen LogP contribution in [0.1, 0.15) is 0 Å². The second-order valence-corrected chi connectivity index (χ2v) is 15.1. The topological polar surface area (TPSA) is 18.5 Å². The van der Waals surface area contributed by atoms with Gasteiger partial charge in [0, 0.05) is 10.6 Å². The fourth-order valence-corrected chi connectivity index (χ4v) is 11.7. The molecule has 0 saturated carbocycles. The largest absolute Gasteiger partial charge is 0.456 e. The highest BCUT2D eigenvalue weighted by Crippen LogP contribution is 2.61. The van der Waals surface area contributed by atoms with Gasteiger partial charge < -0.3 is 9.47 Å². The minimum Gasteiger partial charge on any atom is -0.456 e. The molecule has 0 unspecified atom stereocenters. The van der Waals surface area contributed by atoms with E-state index in [-0.39, 0.29) is 0 Å². The van der Waals surface area contributed by atoms with Gasteiger partial charge in [-0.1, -0.05) is 121 Å². The van der Waals surface area contributed by atoms with E-state index in [1.54, 1.807) is 0 Å². The molecule has 2 aliphatic rings. The molecule has 4 heteroatoms. The smallest absolute Gasteiger partial charge is 0.140 e. The first-order valence-corrected chi connectivity index (χ1v) is 16.8. The number of fused-ring (bicyclic) bond motifs is 8. The van der Waals surface area contributed by atoms with Crippen LogP contribution < -0.4 is 25.4 Å². The second kappa shape index (κ2) is 8.90. The molecular weight excluding hydrogens is 551 g/mol. The average molecular weight is 575 g/mol. The summed E-state index contributed by atoms with van der Waals surface area (Å²) in [5.41, 5.74) is 4.49. The van der Waals surface area contributed by atoms with Gasteiger partial charge in [0.15, 0.2) is 0 Å². The molecule has 0 spiro atoms. The van der Waals surface area contributed by atoms with Gasteiger partial charge in [0.1, 0.15) is 23.0 Å². The SMILES string of the molecule is S=P12c3c(cc(-c4cccc(-c5ccccc5)c4)cc3Oc3ccc4ccccc4c31)Oc1ccc3ccccc3c12. The van der Waals surface area contributed by atoms with Gasteiger partial charge in [-0.2, -0.15) is 0 Å². The molecule has 9 rings (SSSR count). The van der Waals surface area contributed by atoms with Gasteiger partial charge in [-0.3, -0.25) is 0 Å². The van der Waals surface area contributed by atoms with Crippen molar-refractivity contribution in [1.82, 2.24) is 0 Å². The molecule has 2 nitrogen and oxygen atoms in total. The molecule has 0 N–H and O–H groups in total. The summed E-state index contributed by atoms with van der Waals surface area (Å²) in [7, 11) is 0. The molecule has 42 heavy (non-hydrogen) atoms. The van der Waals surface area contributed by atoms with Gasteiger partial charge in [0.2, 0.25) is 0 Å². The lowest BCUT2D eigenvalue weighted by Gasteiger charge is -2.39. The van der Waals surface area contributed by atoms with Crippen LogP contribution in [0.4, 0.5) is 0 Å². The van der Waals surface area contributed by atoms with Gasteiger partial charge >= 0.3 is 0 Å². The highest BCUT2D eigenvalue weighted by molar-refractivity contribution is 8.26. The van der Waals surface area contributed by atoms with Gasteiger partial charge in [0.25, 0.3) is 0 Å². The first-order chi connectivity index (χ1) is 20.7. The Balaban J connectivity index is 1.34. The maximum Gasteiger partial charge on any atom is 0.140 e. The standard InChI is InChI=1S/C38H23O2PS/c42-41-36-30-15-6-4-11-25(30)17-19-32(36)39-34-22-29(28-14-8-13-27(21-28)24-9-2-1-3-10-24)23-35(38(34)41)40-33-20-18-26-12-5-7-16-31(26)37(33)41/h1-23H. The number of benzene rings is 7. The van der Waals surface area contributed by atoms with Gasteiger partial charge in [0.05, 0.1) is 11.3 Å². The molecule has 0 aromatic heterocycles. The minimum atomic E-state index is -2.59. The lowest BCUT2D eigenvalue weighted by molar-refractivity contribution is 0.467. The molecular formula is C38H23O2PS. The Labute approximate surface area is 248 Å². The molecule has 0 atom stereocenters. The zero-order chi connectivity index (χ0) is 27.8. The van der Waals surface area contributed by atoms with Crippen molar-refractivity contribution in [3.8, 4) is 45.3 Å².